The molecule has 7 heteroatoms. The molecule has 0 fully saturated rings. The maximum absolute atomic E-state index is 10.8. The molecule has 0 aliphatic heterocycles. The summed E-state index contributed by atoms with van der Waals surface area (Å²) in [5.74, 6) is -0.901. The number of hydrogen-bond acceptors (Lipinski definition) is 5. The van der Waals surface area contributed by atoms with E-state index >= 15 is 0 Å². The Morgan fingerprint density at radius 1 is 1.41 bits per heavy atom. The molecule has 0 saturated carbocycles. The van der Waals surface area contributed by atoms with Crippen LogP contribution >= 0.6 is 0 Å². The summed E-state index contributed by atoms with van der Waals surface area (Å²) in [7, 11) is -3.55. The van der Waals surface area contributed by atoms with E-state index in [9.17, 15) is 13.2 Å². The van der Waals surface area contributed by atoms with Crippen molar-refractivity contribution in [2.24, 2.45) is 5.73 Å². The maximum atomic E-state index is 10.8. The fourth-order valence-corrected chi connectivity index (χ4v) is 1.66. The number of benzene rings is 1. The van der Waals surface area contributed by atoms with Crippen molar-refractivity contribution in [3.63, 3.8) is 0 Å². The number of rotatable bonds is 5. The lowest BCUT2D eigenvalue weighted by Crippen LogP contribution is -2.32. The first-order chi connectivity index (χ1) is 7.78. The second-order valence-corrected chi connectivity index (χ2v) is 5.16. The average Bonchev–Trinajstić information content (AvgIpc) is 2.18. The summed E-state index contributed by atoms with van der Waals surface area (Å²) in [6.45, 7) is 0. The fourth-order valence-electron chi connectivity index (χ4n) is 1.20. The molecule has 17 heavy (non-hydrogen) atoms. The Balaban J connectivity index is 2.72. The summed E-state index contributed by atoms with van der Waals surface area (Å²) in [6, 6.07) is 5.07. The summed E-state index contributed by atoms with van der Waals surface area (Å²) in [5.41, 5.74) is 6.06. The van der Waals surface area contributed by atoms with Gasteiger partial charge in [-0.1, -0.05) is 12.1 Å². The third-order valence-electron chi connectivity index (χ3n) is 1.94. The van der Waals surface area contributed by atoms with Crippen LogP contribution in [0.2, 0.25) is 0 Å². The average molecular weight is 259 g/mol. The predicted octanol–water partition coefficient (Wildman–Crippen LogP) is -0.0206. The molecule has 0 aliphatic rings. The highest BCUT2D eigenvalue weighted by atomic mass is 32.2. The van der Waals surface area contributed by atoms with E-state index in [-0.39, 0.29) is 12.2 Å². The topological polar surface area (TPSA) is 107 Å². The standard InChI is InChI=1S/C10H13NO5S/c1-17(14,15)16-8-4-2-7(3-5-8)6-9(11)10(12)13/h2-5,9H,6,11H2,1H3,(H,12,13)/t9-/m0/s1. The van der Waals surface area contributed by atoms with Crippen molar-refractivity contribution in [3.8, 4) is 5.75 Å². The molecule has 1 rings (SSSR count). The van der Waals surface area contributed by atoms with Crippen molar-refractivity contribution in [1.82, 2.24) is 0 Å². The van der Waals surface area contributed by atoms with Gasteiger partial charge in [0.2, 0.25) is 0 Å². The summed E-state index contributed by atoms with van der Waals surface area (Å²) >= 11 is 0. The van der Waals surface area contributed by atoms with Gasteiger partial charge in [0.25, 0.3) is 0 Å². The highest BCUT2D eigenvalue weighted by Crippen LogP contribution is 2.14. The smallest absolute Gasteiger partial charge is 0.320 e. The van der Waals surface area contributed by atoms with E-state index in [2.05, 4.69) is 4.18 Å². The van der Waals surface area contributed by atoms with Crippen molar-refractivity contribution in [2.45, 2.75) is 12.5 Å². The number of aliphatic carboxylic acids is 1. The van der Waals surface area contributed by atoms with Gasteiger partial charge in [-0.05, 0) is 24.1 Å². The van der Waals surface area contributed by atoms with Gasteiger partial charge in [-0.25, -0.2) is 0 Å². The van der Waals surface area contributed by atoms with Crippen molar-refractivity contribution >= 4 is 16.1 Å². The Bertz CT molecular complexity index is 494. The monoisotopic (exact) mass is 259 g/mol. The molecule has 1 aromatic carbocycles. The SMILES string of the molecule is CS(=O)(=O)Oc1ccc(C[C@H](N)C(=O)O)cc1. The van der Waals surface area contributed by atoms with Crippen LogP contribution < -0.4 is 9.92 Å². The van der Waals surface area contributed by atoms with Crippen molar-refractivity contribution in [3.05, 3.63) is 29.8 Å². The van der Waals surface area contributed by atoms with Gasteiger partial charge in [-0.2, -0.15) is 8.42 Å². The summed E-state index contributed by atoms with van der Waals surface area (Å²) in [5, 5.41) is 8.62. The molecule has 0 saturated heterocycles. The predicted molar refractivity (Wildman–Crippen MR) is 61.2 cm³/mol. The first-order valence-corrected chi connectivity index (χ1v) is 6.56. The molecule has 1 atom stereocenters. The molecule has 94 valence electrons. The summed E-state index contributed by atoms with van der Waals surface area (Å²) in [4.78, 5) is 10.5. The molecular weight excluding hydrogens is 246 g/mol. The van der Waals surface area contributed by atoms with Gasteiger partial charge in [-0.3, -0.25) is 4.79 Å². The van der Waals surface area contributed by atoms with Crippen LogP contribution in [-0.4, -0.2) is 31.8 Å². The van der Waals surface area contributed by atoms with E-state index in [4.69, 9.17) is 10.8 Å². The van der Waals surface area contributed by atoms with Crippen LogP contribution in [-0.2, 0) is 21.3 Å². The lowest BCUT2D eigenvalue weighted by molar-refractivity contribution is -0.138. The zero-order chi connectivity index (χ0) is 13.1. The zero-order valence-electron chi connectivity index (χ0n) is 9.16. The Morgan fingerprint density at radius 3 is 2.35 bits per heavy atom. The molecule has 0 heterocycles. The molecule has 0 spiro atoms. The molecule has 3 N–H and O–H groups in total. The third kappa shape index (κ3) is 4.83. The Kier molecular flexibility index (Phi) is 4.08. The minimum Gasteiger partial charge on any atom is -0.480 e. The van der Waals surface area contributed by atoms with Crippen LogP contribution in [0.4, 0.5) is 0 Å². The van der Waals surface area contributed by atoms with E-state index in [1.54, 1.807) is 12.1 Å². The van der Waals surface area contributed by atoms with E-state index < -0.39 is 22.1 Å². The second kappa shape index (κ2) is 5.15. The van der Waals surface area contributed by atoms with Crippen LogP contribution in [0, 0.1) is 0 Å². The van der Waals surface area contributed by atoms with Gasteiger partial charge < -0.3 is 15.0 Å². The molecule has 0 aliphatic carbocycles. The van der Waals surface area contributed by atoms with Gasteiger partial charge in [0.15, 0.2) is 0 Å². The van der Waals surface area contributed by atoms with Gasteiger partial charge in [0.05, 0.1) is 6.26 Å². The number of carboxylic acids is 1. The molecule has 0 radical (unpaired) electrons. The minimum absolute atomic E-state index is 0.175. The van der Waals surface area contributed by atoms with Crippen LogP contribution in [0.25, 0.3) is 0 Å². The normalized spacial score (nSPS) is 13.1. The first-order valence-electron chi connectivity index (χ1n) is 4.75. The molecule has 0 unspecified atom stereocenters. The minimum atomic E-state index is -3.55. The second-order valence-electron chi connectivity index (χ2n) is 3.58. The van der Waals surface area contributed by atoms with Gasteiger partial charge in [-0.15, -0.1) is 0 Å². The molecule has 1 aromatic rings. The number of carbonyl (C=O) groups is 1. The van der Waals surface area contributed by atoms with Crippen molar-refractivity contribution in [1.29, 1.82) is 0 Å². The van der Waals surface area contributed by atoms with Crippen molar-refractivity contribution in [2.75, 3.05) is 6.26 Å². The summed E-state index contributed by atoms with van der Waals surface area (Å²) in [6.07, 6.45) is 1.12. The Morgan fingerprint density at radius 2 is 1.94 bits per heavy atom. The zero-order valence-corrected chi connectivity index (χ0v) is 9.98. The van der Waals surface area contributed by atoms with Crippen molar-refractivity contribution < 1.29 is 22.5 Å². The Hall–Kier alpha value is -1.60. The van der Waals surface area contributed by atoms with E-state index in [0.29, 0.717) is 5.56 Å². The van der Waals surface area contributed by atoms with E-state index in [1.165, 1.54) is 12.1 Å². The lowest BCUT2D eigenvalue weighted by atomic mass is 10.1. The number of hydrogen-bond donors (Lipinski definition) is 2. The van der Waals surface area contributed by atoms with Gasteiger partial charge >= 0.3 is 16.1 Å². The summed E-state index contributed by atoms with van der Waals surface area (Å²) < 4.78 is 26.3. The molecular formula is C10H13NO5S. The highest BCUT2D eigenvalue weighted by molar-refractivity contribution is 7.86. The molecule has 0 amide bonds. The van der Waals surface area contributed by atoms with Gasteiger partial charge in [0, 0.05) is 0 Å². The van der Waals surface area contributed by atoms with Crippen LogP contribution in [0.1, 0.15) is 5.56 Å². The highest BCUT2D eigenvalue weighted by Gasteiger charge is 2.12. The van der Waals surface area contributed by atoms with Crippen LogP contribution in [0.5, 0.6) is 5.75 Å². The molecule has 0 aromatic heterocycles. The molecule has 0 bridgehead atoms. The van der Waals surface area contributed by atoms with Crippen LogP contribution in [0.15, 0.2) is 24.3 Å². The number of nitrogens with two attached hydrogens (primary N) is 1. The maximum Gasteiger partial charge on any atom is 0.320 e. The largest absolute Gasteiger partial charge is 0.480 e. The third-order valence-corrected chi connectivity index (χ3v) is 2.44. The van der Waals surface area contributed by atoms with Gasteiger partial charge in [0.1, 0.15) is 11.8 Å². The fraction of sp³-hybridized carbons (Fsp3) is 0.300. The van der Waals surface area contributed by atoms with Crippen LogP contribution in [0.3, 0.4) is 0 Å². The quantitative estimate of drug-likeness (QED) is 0.720. The molecule has 6 nitrogen and oxygen atoms in total. The Labute approximate surface area is 99.1 Å². The van der Waals surface area contributed by atoms with E-state index in [0.717, 1.165) is 6.26 Å². The lowest BCUT2D eigenvalue weighted by Gasteiger charge is -2.07. The number of carboxylic acid groups (broad SMARTS) is 1. The van der Waals surface area contributed by atoms with E-state index in [1.807, 2.05) is 0 Å². The first kappa shape index (κ1) is 13.5.